The van der Waals surface area contributed by atoms with Gasteiger partial charge in [0.1, 0.15) is 5.58 Å². The number of ether oxygens (including phenoxy) is 1. The summed E-state index contributed by atoms with van der Waals surface area (Å²) >= 11 is 9.21. The normalized spacial score (nSPS) is 11.2. The lowest BCUT2D eigenvalue weighted by Gasteiger charge is -2.06. The van der Waals surface area contributed by atoms with Crippen molar-refractivity contribution in [3.8, 4) is 11.5 Å². The van der Waals surface area contributed by atoms with Crippen LogP contribution >= 0.6 is 27.5 Å². The summed E-state index contributed by atoms with van der Waals surface area (Å²) < 4.78 is 11.1. The van der Waals surface area contributed by atoms with E-state index in [9.17, 15) is 9.90 Å². The van der Waals surface area contributed by atoms with Crippen LogP contribution in [0.4, 0.5) is 0 Å². The molecule has 1 heterocycles. The van der Waals surface area contributed by atoms with E-state index in [0.29, 0.717) is 26.4 Å². The molecule has 8 heteroatoms. The molecule has 0 aliphatic carbocycles. The molecule has 0 atom stereocenters. The van der Waals surface area contributed by atoms with Gasteiger partial charge >= 0.3 is 5.91 Å². The van der Waals surface area contributed by atoms with E-state index in [1.165, 1.54) is 19.4 Å². The molecular weight excluding hydrogens is 412 g/mol. The van der Waals surface area contributed by atoms with Crippen LogP contribution in [0.2, 0.25) is 5.02 Å². The Morgan fingerprint density at radius 2 is 2.16 bits per heavy atom. The molecule has 6 nitrogen and oxygen atoms in total. The zero-order chi connectivity index (χ0) is 18.0. The number of nitrogens with zero attached hydrogens (tertiary/aromatic N) is 1. The number of hydrazone groups is 1. The van der Waals surface area contributed by atoms with Crippen molar-refractivity contribution < 1.29 is 19.1 Å². The number of hydrogen-bond acceptors (Lipinski definition) is 5. The molecule has 1 amide bonds. The minimum Gasteiger partial charge on any atom is -0.504 e. The lowest BCUT2D eigenvalue weighted by Crippen LogP contribution is -2.16. The van der Waals surface area contributed by atoms with Crippen molar-refractivity contribution in [2.24, 2.45) is 5.10 Å². The highest BCUT2D eigenvalue weighted by Crippen LogP contribution is 2.31. The van der Waals surface area contributed by atoms with Crippen molar-refractivity contribution in [2.45, 2.75) is 0 Å². The Balaban J connectivity index is 1.76. The molecule has 2 N–H and O–H groups in total. The number of phenolic OH excluding ortho intramolecular Hbond substituents is 1. The number of benzene rings is 2. The predicted molar refractivity (Wildman–Crippen MR) is 98.6 cm³/mol. The van der Waals surface area contributed by atoms with E-state index < -0.39 is 5.91 Å². The summed E-state index contributed by atoms with van der Waals surface area (Å²) in [5, 5.41) is 14.9. The first-order chi connectivity index (χ1) is 12.0. The third kappa shape index (κ3) is 3.78. The van der Waals surface area contributed by atoms with E-state index >= 15 is 0 Å². The minimum absolute atomic E-state index is 0.00324. The van der Waals surface area contributed by atoms with Crippen molar-refractivity contribution in [1.29, 1.82) is 0 Å². The molecule has 3 aromatic rings. The van der Waals surface area contributed by atoms with Crippen LogP contribution in [0.5, 0.6) is 11.5 Å². The molecule has 2 aromatic carbocycles. The second-order valence-corrected chi connectivity index (χ2v) is 6.33. The molecule has 128 valence electrons. The van der Waals surface area contributed by atoms with Crippen molar-refractivity contribution in [3.63, 3.8) is 0 Å². The Morgan fingerprint density at radius 3 is 2.92 bits per heavy atom. The van der Waals surface area contributed by atoms with Gasteiger partial charge in [0.05, 0.1) is 13.3 Å². The van der Waals surface area contributed by atoms with Gasteiger partial charge in [-0.2, -0.15) is 5.10 Å². The van der Waals surface area contributed by atoms with E-state index in [1.807, 2.05) is 0 Å². The standard InChI is InChI=1S/C17H12BrClN2O4/c1-24-15-6-10(12(18)7-13(15)22)8-20-21-17(23)16-5-9-4-11(19)2-3-14(9)25-16/h2-8,22H,1H3,(H,21,23)/b20-8+. The number of methoxy groups -OCH3 is 1. The highest BCUT2D eigenvalue weighted by molar-refractivity contribution is 9.10. The molecule has 0 saturated heterocycles. The van der Waals surface area contributed by atoms with Gasteiger partial charge in [0, 0.05) is 20.4 Å². The van der Waals surface area contributed by atoms with Crippen LogP contribution in [0.1, 0.15) is 16.1 Å². The number of rotatable bonds is 4. The summed E-state index contributed by atoms with van der Waals surface area (Å²) in [6.45, 7) is 0. The van der Waals surface area contributed by atoms with Crippen molar-refractivity contribution in [1.82, 2.24) is 5.43 Å². The Hall–Kier alpha value is -2.51. The molecule has 0 saturated carbocycles. The van der Waals surface area contributed by atoms with Gasteiger partial charge in [0.25, 0.3) is 0 Å². The summed E-state index contributed by atoms with van der Waals surface area (Å²) in [5.74, 6) is -0.0798. The number of hydrogen-bond donors (Lipinski definition) is 2. The smallest absolute Gasteiger partial charge is 0.307 e. The summed E-state index contributed by atoms with van der Waals surface area (Å²) in [5.41, 5.74) is 3.56. The molecular formula is C17H12BrClN2O4. The fourth-order valence-electron chi connectivity index (χ4n) is 2.16. The SMILES string of the molecule is COc1cc(/C=N/NC(=O)c2cc3cc(Cl)ccc3o2)c(Br)cc1O. The number of fused-ring (bicyclic) bond motifs is 1. The highest BCUT2D eigenvalue weighted by atomic mass is 79.9. The summed E-state index contributed by atoms with van der Waals surface area (Å²) in [4.78, 5) is 12.1. The van der Waals surface area contributed by atoms with Gasteiger partial charge in [-0.25, -0.2) is 5.43 Å². The number of aromatic hydroxyl groups is 1. The molecule has 0 fully saturated rings. The van der Waals surface area contributed by atoms with Crippen LogP contribution in [0.15, 0.2) is 50.4 Å². The molecule has 0 radical (unpaired) electrons. The largest absolute Gasteiger partial charge is 0.504 e. The quantitative estimate of drug-likeness (QED) is 0.483. The van der Waals surface area contributed by atoms with E-state index in [2.05, 4.69) is 26.5 Å². The number of furan rings is 1. The Morgan fingerprint density at radius 1 is 1.36 bits per heavy atom. The van der Waals surface area contributed by atoms with Crippen LogP contribution in [-0.2, 0) is 0 Å². The Labute approximate surface area is 156 Å². The predicted octanol–water partition coefficient (Wildman–Crippen LogP) is 4.33. The van der Waals surface area contributed by atoms with E-state index in [-0.39, 0.29) is 11.5 Å². The topological polar surface area (TPSA) is 84.1 Å². The Kier molecular flexibility index (Phi) is 4.96. The third-order valence-electron chi connectivity index (χ3n) is 3.37. The summed E-state index contributed by atoms with van der Waals surface area (Å²) in [7, 11) is 1.44. The van der Waals surface area contributed by atoms with Crippen LogP contribution < -0.4 is 10.2 Å². The van der Waals surface area contributed by atoms with Gasteiger partial charge in [-0.3, -0.25) is 4.79 Å². The van der Waals surface area contributed by atoms with Gasteiger partial charge in [-0.05, 0) is 52.3 Å². The molecule has 25 heavy (non-hydrogen) atoms. The molecule has 1 aromatic heterocycles. The first-order valence-corrected chi connectivity index (χ1v) is 8.24. The molecule has 0 aliphatic heterocycles. The van der Waals surface area contributed by atoms with Crippen molar-refractivity contribution in [3.05, 3.63) is 57.2 Å². The molecule has 0 bridgehead atoms. The van der Waals surface area contributed by atoms with Gasteiger partial charge in [-0.15, -0.1) is 0 Å². The zero-order valence-electron chi connectivity index (χ0n) is 12.9. The van der Waals surface area contributed by atoms with Crippen LogP contribution in [0, 0.1) is 0 Å². The lowest BCUT2D eigenvalue weighted by atomic mass is 10.2. The second-order valence-electron chi connectivity index (χ2n) is 5.04. The lowest BCUT2D eigenvalue weighted by molar-refractivity contribution is 0.0929. The monoisotopic (exact) mass is 422 g/mol. The van der Waals surface area contributed by atoms with Gasteiger partial charge in [0.2, 0.25) is 0 Å². The fourth-order valence-corrected chi connectivity index (χ4v) is 2.78. The number of carbonyl (C=O) groups excluding carboxylic acids is 1. The van der Waals surface area contributed by atoms with Gasteiger partial charge in [-0.1, -0.05) is 11.6 Å². The number of amides is 1. The second kappa shape index (κ2) is 7.16. The fraction of sp³-hybridized carbons (Fsp3) is 0.0588. The maximum Gasteiger partial charge on any atom is 0.307 e. The first kappa shape index (κ1) is 17.3. The minimum atomic E-state index is -0.495. The van der Waals surface area contributed by atoms with E-state index in [0.717, 1.165) is 5.39 Å². The van der Waals surface area contributed by atoms with Gasteiger partial charge < -0.3 is 14.3 Å². The average molecular weight is 424 g/mol. The maximum atomic E-state index is 12.1. The molecule has 0 unspecified atom stereocenters. The number of halogens is 2. The average Bonchev–Trinajstić information content (AvgIpc) is 2.99. The van der Waals surface area contributed by atoms with E-state index in [1.54, 1.807) is 30.3 Å². The molecule has 0 aliphatic rings. The first-order valence-electron chi connectivity index (χ1n) is 7.07. The van der Waals surface area contributed by atoms with Gasteiger partial charge in [0.15, 0.2) is 17.3 Å². The van der Waals surface area contributed by atoms with Crippen molar-refractivity contribution >= 4 is 50.6 Å². The molecule has 3 rings (SSSR count). The highest BCUT2D eigenvalue weighted by Gasteiger charge is 2.12. The third-order valence-corrected chi connectivity index (χ3v) is 4.29. The summed E-state index contributed by atoms with van der Waals surface area (Å²) in [6, 6.07) is 9.73. The van der Waals surface area contributed by atoms with Crippen LogP contribution in [0.25, 0.3) is 11.0 Å². The van der Waals surface area contributed by atoms with E-state index in [4.69, 9.17) is 20.8 Å². The van der Waals surface area contributed by atoms with Crippen LogP contribution in [-0.4, -0.2) is 24.3 Å². The van der Waals surface area contributed by atoms with Crippen LogP contribution in [0.3, 0.4) is 0 Å². The van der Waals surface area contributed by atoms with Crippen molar-refractivity contribution in [2.75, 3.05) is 7.11 Å². The Bertz CT molecular complexity index is 984. The number of nitrogens with one attached hydrogen (secondary N) is 1. The zero-order valence-corrected chi connectivity index (χ0v) is 15.3. The molecule has 0 spiro atoms. The summed E-state index contributed by atoms with van der Waals surface area (Å²) in [6.07, 6.45) is 1.42. The number of carbonyl (C=O) groups is 1. The number of phenols is 1. The maximum absolute atomic E-state index is 12.1.